The molecule has 1 aromatic carbocycles. The summed E-state index contributed by atoms with van der Waals surface area (Å²) in [6.45, 7) is 9.64. The average Bonchev–Trinajstić information content (AvgIpc) is 2.30. The molecule has 0 bridgehead atoms. The zero-order chi connectivity index (χ0) is 12.7. The summed E-state index contributed by atoms with van der Waals surface area (Å²) in [5.41, 5.74) is 2.74. The molecule has 0 saturated heterocycles. The lowest BCUT2D eigenvalue weighted by molar-refractivity contribution is 0.598. The fraction of sp³-hybridized carbons (Fsp3) is 0.467. The number of rotatable bonds is 6. The number of hydrogen-bond acceptors (Lipinski definition) is 2. The Balaban J connectivity index is 2.53. The minimum absolute atomic E-state index is 0.442. The van der Waals surface area contributed by atoms with Gasteiger partial charge in [0.1, 0.15) is 0 Å². The summed E-state index contributed by atoms with van der Waals surface area (Å²) in [7, 11) is 0. The van der Waals surface area contributed by atoms with Crippen LogP contribution in [0.4, 0.5) is 0 Å². The molecule has 17 heavy (non-hydrogen) atoms. The fourth-order valence-electron chi connectivity index (χ4n) is 1.58. The lowest BCUT2D eigenvalue weighted by atomic mass is 10.1. The van der Waals surface area contributed by atoms with Gasteiger partial charge in [0.25, 0.3) is 0 Å². The van der Waals surface area contributed by atoms with Crippen molar-refractivity contribution in [2.24, 2.45) is 0 Å². The Morgan fingerprint density at radius 1 is 1.29 bits per heavy atom. The number of allylic oxidation sites excluding steroid dienone is 1. The molecule has 0 spiro atoms. The third-order valence-corrected chi connectivity index (χ3v) is 3.57. The average molecular weight is 249 g/mol. The van der Waals surface area contributed by atoms with Crippen LogP contribution in [0.5, 0.6) is 0 Å². The van der Waals surface area contributed by atoms with Crippen molar-refractivity contribution in [2.75, 3.05) is 12.3 Å². The van der Waals surface area contributed by atoms with Crippen LogP contribution in [0.2, 0.25) is 0 Å². The van der Waals surface area contributed by atoms with Crippen molar-refractivity contribution >= 4 is 11.8 Å². The normalized spacial score (nSPS) is 12.2. The van der Waals surface area contributed by atoms with E-state index in [1.807, 2.05) is 11.8 Å². The lowest BCUT2D eigenvalue weighted by Crippen LogP contribution is -2.17. The minimum Gasteiger partial charge on any atom is -0.310 e. The largest absolute Gasteiger partial charge is 0.310 e. The minimum atomic E-state index is 0.442. The summed E-state index contributed by atoms with van der Waals surface area (Å²) in [5, 5.41) is 3.42. The van der Waals surface area contributed by atoms with Crippen LogP contribution >= 0.6 is 11.8 Å². The van der Waals surface area contributed by atoms with Crippen LogP contribution in [0.3, 0.4) is 0 Å². The summed E-state index contributed by atoms with van der Waals surface area (Å²) in [6.07, 6.45) is 2.26. The summed E-state index contributed by atoms with van der Waals surface area (Å²) in [6, 6.07) is 9.31. The Morgan fingerprint density at radius 2 is 1.94 bits per heavy atom. The number of benzene rings is 1. The van der Waals surface area contributed by atoms with E-state index in [4.69, 9.17) is 0 Å². The third-order valence-electron chi connectivity index (χ3n) is 2.63. The van der Waals surface area contributed by atoms with Crippen molar-refractivity contribution in [1.29, 1.82) is 0 Å². The summed E-state index contributed by atoms with van der Waals surface area (Å²) >= 11 is 1.89. The van der Waals surface area contributed by atoms with Gasteiger partial charge in [-0.05, 0) is 45.0 Å². The zero-order valence-corrected chi connectivity index (χ0v) is 12.1. The van der Waals surface area contributed by atoms with Gasteiger partial charge in [0.15, 0.2) is 0 Å². The predicted molar refractivity (Wildman–Crippen MR) is 78.7 cm³/mol. The first kappa shape index (κ1) is 14.3. The molecule has 0 aromatic heterocycles. The molecule has 1 unspecified atom stereocenters. The highest BCUT2D eigenvalue weighted by Crippen LogP contribution is 2.21. The molecule has 94 valence electrons. The number of hydrogen-bond donors (Lipinski definition) is 1. The van der Waals surface area contributed by atoms with Crippen LogP contribution in [-0.2, 0) is 0 Å². The van der Waals surface area contributed by atoms with Gasteiger partial charge in [-0.15, -0.1) is 11.8 Å². The molecular formula is C15H23NS. The molecule has 1 N–H and O–H groups in total. The van der Waals surface area contributed by atoms with E-state index in [0.29, 0.717) is 6.04 Å². The lowest BCUT2D eigenvalue weighted by Gasteiger charge is -2.12. The Kier molecular flexibility index (Phi) is 6.38. The van der Waals surface area contributed by atoms with Gasteiger partial charge in [-0.3, -0.25) is 0 Å². The van der Waals surface area contributed by atoms with Gasteiger partial charge >= 0.3 is 0 Å². The smallest absolute Gasteiger partial charge is 0.0291 e. The third kappa shape index (κ3) is 5.42. The van der Waals surface area contributed by atoms with Crippen molar-refractivity contribution in [3.8, 4) is 0 Å². The number of thioether (sulfide) groups is 1. The molecular weight excluding hydrogens is 226 g/mol. The standard InChI is InChI=1S/C15H23NS/c1-5-16-13(4)14-6-8-15(9-7-14)17-11-10-12(2)3/h6-10,13,16H,5,11H2,1-4H3. The maximum absolute atomic E-state index is 3.42. The van der Waals surface area contributed by atoms with Gasteiger partial charge in [-0.1, -0.05) is 30.7 Å². The molecule has 0 heterocycles. The Bertz CT molecular complexity index is 350. The van der Waals surface area contributed by atoms with Crippen LogP contribution in [0.1, 0.15) is 39.3 Å². The van der Waals surface area contributed by atoms with E-state index in [1.165, 1.54) is 16.0 Å². The van der Waals surface area contributed by atoms with Crippen LogP contribution in [0.25, 0.3) is 0 Å². The molecule has 0 fully saturated rings. The van der Waals surface area contributed by atoms with Crippen LogP contribution < -0.4 is 5.32 Å². The van der Waals surface area contributed by atoms with E-state index >= 15 is 0 Å². The molecule has 1 atom stereocenters. The maximum Gasteiger partial charge on any atom is 0.0291 e. The van der Waals surface area contributed by atoms with Gasteiger partial charge < -0.3 is 5.32 Å². The van der Waals surface area contributed by atoms with E-state index in [0.717, 1.165) is 12.3 Å². The molecule has 2 heteroatoms. The number of nitrogens with one attached hydrogen (secondary N) is 1. The van der Waals surface area contributed by atoms with Crippen molar-refractivity contribution in [1.82, 2.24) is 5.32 Å². The molecule has 0 aliphatic heterocycles. The van der Waals surface area contributed by atoms with Gasteiger partial charge in [0.2, 0.25) is 0 Å². The van der Waals surface area contributed by atoms with Crippen molar-refractivity contribution in [3.63, 3.8) is 0 Å². The first-order chi connectivity index (χ1) is 8.13. The predicted octanol–water partition coefficient (Wildman–Crippen LogP) is 4.42. The van der Waals surface area contributed by atoms with Gasteiger partial charge in [-0.25, -0.2) is 0 Å². The second-order valence-corrected chi connectivity index (χ2v) is 5.53. The van der Waals surface area contributed by atoms with E-state index in [2.05, 4.69) is 63.4 Å². The van der Waals surface area contributed by atoms with E-state index < -0.39 is 0 Å². The zero-order valence-electron chi connectivity index (χ0n) is 11.3. The van der Waals surface area contributed by atoms with E-state index in [1.54, 1.807) is 0 Å². The molecule has 1 rings (SSSR count). The monoisotopic (exact) mass is 249 g/mol. The van der Waals surface area contributed by atoms with Crippen molar-refractivity contribution in [3.05, 3.63) is 41.5 Å². The molecule has 1 nitrogen and oxygen atoms in total. The van der Waals surface area contributed by atoms with Gasteiger partial charge in [0, 0.05) is 16.7 Å². The second kappa shape index (κ2) is 7.57. The van der Waals surface area contributed by atoms with Gasteiger partial charge in [0.05, 0.1) is 0 Å². The summed E-state index contributed by atoms with van der Waals surface area (Å²) in [4.78, 5) is 1.34. The maximum atomic E-state index is 3.42. The molecule has 0 amide bonds. The van der Waals surface area contributed by atoms with Gasteiger partial charge in [-0.2, -0.15) is 0 Å². The molecule has 0 radical (unpaired) electrons. The SMILES string of the molecule is CCNC(C)c1ccc(SCC=C(C)C)cc1. The second-order valence-electron chi connectivity index (χ2n) is 4.44. The fourth-order valence-corrected chi connectivity index (χ4v) is 2.52. The first-order valence-electron chi connectivity index (χ1n) is 6.23. The summed E-state index contributed by atoms with van der Waals surface area (Å²) in [5.74, 6) is 1.06. The van der Waals surface area contributed by atoms with Crippen LogP contribution in [0, 0.1) is 0 Å². The van der Waals surface area contributed by atoms with E-state index in [-0.39, 0.29) is 0 Å². The highest BCUT2D eigenvalue weighted by molar-refractivity contribution is 7.99. The van der Waals surface area contributed by atoms with Crippen molar-refractivity contribution < 1.29 is 0 Å². The Hall–Kier alpha value is -0.730. The molecule has 0 aliphatic carbocycles. The highest BCUT2D eigenvalue weighted by Gasteiger charge is 2.02. The van der Waals surface area contributed by atoms with Crippen LogP contribution in [0.15, 0.2) is 40.8 Å². The summed E-state index contributed by atoms with van der Waals surface area (Å²) < 4.78 is 0. The topological polar surface area (TPSA) is 12.0 Å². The molecule has 0 saturated carbocycles. The Morgan fingerprint density at radius 3 is 2.47 bits per heavy atom. The first-order valence-corrected chi connectivity index (χ1v) is 7.21. The Labute approximate surface area is 110 Å². The van der Waals surface area contributed by atoms with E-state index in [9.17, 15) is 0 Å². The highest BCUT2D eigenvalue weighted by atomic mass is 32.2. The molecule has 1 aromatic rings. The van der Waals surface area contributed by atoms with Crippen molar-refractivity contribution in [2.45, 2.75) is 38.6 Å². The molecule has 0 aliphatic rings. The quantitative estimate of drug-likeness (QED) is 0.592. The van der Waals surface area contributed by atoms with Crippen LogP contribution in [-0.4, -0.2) is 12.3 Å².